The van der Waals surface area contributed by atoms with Gasteiger partial charge in [0.05, 0.1) is 17.0 Å². The molecule has 1 saturated carbocycles. The predicted octanol–water partition coefficient (Wildman–Crippen LogP) is 2.05. The molecule has 0 spiro atoms. The van der Waals surface area contributed by atoms with E-state index in [1.165, 1.54) is 24.8 Å². The van der Waals surface area contributed by atoms with Crippen LogP contribution in [0.4, 0.5) is 10.6 Å². The van der Waals surface area contributed by atoms with Gasteiger partial charge in [0, 0.05) is 6.20 Å². The van der Waals surface area contributed by atoms with E-state index in [2.05, 4.69) is 15.6 Å². The average Bonchev–Trinajstić information content (AvgIpc) is 2.63. The van der Waals surface area contributed by atoms with E-state index in [0.29, 0.717) is 18.2 Å². The molecule has 22 heavy (non-hydrogen) atoms. The van der Waals surface area contributed by atoms with Gasteiger partial charge < -0.3 is 5.32 Å². The van der Waals surface area contributed by atoms with Crippen molar-refractivity contribution in [1.29, 1.82) is 0 Å². The van der Waals surface area contributed by atoms with Crippen LogP contribution in [0.5, 0.6) is 0 Å². The highest BCUT2D eigenvalue weighted by Gasteiger charge is 2.39. The standard InChI is InChI=1S/C15H21N3O3S/c1-15(7-8-22(20,21)10-15)18-14(19)17-13-6-5-12(9-16-13)11-3-2-4-11/h5-6,9,11H,2-4,7-8,10H2,1H3,(H2,16,17,18,19). The van der Waals surface area contributed by atoms with E-state index in [0.717, 1.165) is 0 Å². The van der Waals surface area contributed by atoms with Crippen LogP contribution in [0.1, 0.15) is 44.1 Å². The Morgan fingerprint density at radius 2 is 2.14 bits per heavy atom. The molecule has 1 aromatic rings. The number of nitrogens with zero attached hydrogens (tertiary/aromatic N) is 1. The maximum atomic E-state index is 12.0. The van der Waals surface area contributed by atoms with Crippen LogP contribution in [-0.4, -0.2) is 36.5 Å². The molecule has 1 atom stereocenters. The summed E-state index contributed by atoms with van der Waals surface area (Å²) in [5, 5.41) is 5.42. The summed E-state index contributed by atoms with van der Waals surface area (Å²) >= 11 is 0. The lowest BCUT2D eigenvalue weighted by Gasteiger charge is -2.25. The summed E-state index contributed by atoms with van der Waals surface area (Å²) in [5.74, 6) is 1.20. The van der Waals surface area contributed by atoms with E-state index in [1.54, 1.807) is 19.2 Å². The highest BCUT2D eigenvalue weighted by molar-refractivity contribution is 7.91. The van der Waals surface area contributed by atoms with Crippen molar-refractivity contribution in [3.05, 3.63) is 23.9 Å². The van der Waals surface area contributed by atoms with Crippen molar-refractivity contribution >= 4 is 21.7 Å². The van der Waals surface area contributed by atoms with Crippen LogP contribution in [0, 0.1) is 0 Å². The first-order valence-corrected chi connectivity index (χ1v) is 9.43. The molecular formula is C15H21N3O3S. The fourth-order valence-electron chi connectivity index (χ4n) is 2.99. The summed E-state index contributed by atoms with van der Waals surface area (Å²) in [6.45, 7) is 1.75. The largest absolute Gasteiger partial charge is 0.332 e. The van der Waals surface area contributed by atoms with Gasteiger partial charge in [-0.2, -0.15) is 0 Å². The topological polar surface area (TPSA) is 88.2 Å². The smallest absolute Gasteiger partial charge is 0.320 e. The SMILES string of the molecule is CC1(NC(=O)Nc2ccc(C3CCC3)cn2)CCS(=O)(=O)C1. The normalized spacial score (nSPS) is 27.1. The Balaban J connectivity index is 1.57. The summed E-state index contributed by atoms with van der Waals surface area (Å²) < 4.78 is 23.1. The molecule has 2 amide bonds. The second kappa shape index (κ2) is 5.53. The molecule has 1 unspecified atom stereocenters. The van der Waals surface area contributed by atoms with Gasteiger partial charge in [0.25, 0.3) is 0 Å². The summed E-state index contributed by atoms with van der Waals surface area (Å²) in [6.07, 6.45) is 5.94. The number of hydrogen-bond acceptors (Lipinski definition) is 4. The van der Waals surface area contributed by atoms with Crippen LogP contribution in [0.15, 0.2) is 18.3 Å². The van der Waals surface area contributed by atoms with Crippen LogP contribution in [0.3, 0.4) is 0 Å². The number of amides is 2. The average molecular weight is 323 g/mol. The Kier molecular flexibility index (Phi) is 3.84. The zero-order valence-corrected chi connectivity index (χ0v) is 13.4. The number of carbonyl (C=O) groups is 1. The Morgan fingerprint density at radius 3 is 2.64 bits per heavy atom. The highest BCUT2D eigenvalue weighted by Crippen LogP contribution is 2.36. The first-order valence-electron chi connectivity index (χ1n) is 7.61. The van der Waals surface area contributed by atoms with Crippen molar-refractivity contribution < 1.29 is 13.2 Å². The van der Waals surface area contributed by atoms with Gasteiger partial charge in [0.15, 0.2) is 9.84 Å². The molecular weight excluding hydrogens is 302 g/mol. The third kappa shape index (κ3) is 3.40. The molecule has 120 valence electrons. The van der Waals surface area contributed by atoms with Crippen molar-refractivity contribution in [2.75, 3.05) is 16.8 Å². The maximum absolute atomic E-state index is 12.0. The molecule has 1 aliphatic heterocycles. The van der Waals surface area contributed by atoms with Gasteiger partial charge in [-0.3, -0.25) is 5.32 Å². The zero-order chi connectivity index (χ0) is 15.8. The number of carbonyl (C=O) groups excluding carboxylic acids is 1. The molecule has 3 rings (SSSR count). The van der Waals surface area contributed by atoms with E-state index >= 15 is 0 Å². The summed E-state index contributed by atoms with van der Waals surface area (Å²) in [4.78, 5) is 16.3. The van der Waals surface area contributed by atoms with Crippen molar-refractivity contribution in [3.63, 3.8) is 0 Å². The molecule has 0 radical (unpaired) electrons. The number of urea groups is 1. The van der Waals surface area contributed by atoms with Gasteiger partial charge >= 0.3 is 6.03 Å². The lowest BCUT2D eigenvalue weighted by Crippen LogP contribution is -2.48. The minimum absolute atomic E-state index is 0.0124. The zero-order valence-electron chi connectivity index (χ0n) is 12.6. The third-order valence-electron chi connectivity index (χ3n) is 4.52. The second-order valence-electron chi connectivity index (χ2n) is 6.59. The number of hydrogen-bond donors (Lipinski definition) is 2. The monoisotopic (exact) mass is 323 g/mol. The summed E-state index contributed by atoms with van der Waals surface area (Å²) in [5.41, 5.74) is 0.514. The molecule has 2 fully saturated rings. The Bertz CT molecular complexity index is 668. The summed E-state index contributed by atoms with van der Waals surface area (Å²) in [6, 6.07) is 3.37. The van der Waals surface area contributed by atoms with Gasteiger partial charge in [0.2, 0.25) is 0 Å². The first-order chi connectivity index (χ1) is 10.4. The van der Waals surface area contributed by atoms with Crippen molar-refractivity contribution in [3.8, 4) is 0 Å². The fraction of sp³-hybridized carbons (Fsp3) is 0.600. The Labute approximate surface area is 130 Å². The van der Waals surface area contributed by atoms with E-state index in [1.807, 2.05) is 6.07 Å². The maximum Gasteiger partial charge on any atom is 0.320 e. The number of nitrogens with one attached hydrogen (secondary N) is 2. The molecule has 1 saturated heterocycles. The molecule has 2 N–H and O–H groups in total. The van der Waals surface area contributed by atoms with Crippen LogP contribution >= 0.6 is 0 Å². The van der Waals surface area contributed by atoms with Gasteiger partial charge in [0.1, 0.15) is 5.82 Å². The van der Waals surface area contributed by atoms with Crippen molar-refractivity contribution in [2.24, 2.45) is 0 Å². The van der Waals surface area contributed by atoms with E-state index in [9.17, 15) is 13.2 Å². The number of aromatic nitrogens is 1. The van der Waals surface area contributed by atoms with E-state index in [-0.39, 0.29) is 11.5 Å². The van der Waals surface area contributed by atoms with Crippen molar-refractivity contribution in [2.45, 2.75) is 44.1 Å². The summed E-state index contributed by atoms with van der Waals surface area (Å²) in [7, 11) is -3.04. The first kappa shape index (κ1) is 15.3. The third-order valence-corrected chi connectivity index (χ3v) is 6.43. The number of anilines is 1. The van der Waals surface area contributed by atoms with Gasteiger partial charge in [-0.15, -0.1) is 0 Å². The van der Waals surface area contributed by atoms with Crippen LogP contribution in [0.2, 0.25) is 0 Å². The predicted molar refractivity (Wildman–Crippen MR) is 84.7 cm³/mol. The fourth-order valence-corrected chi connectivity index (χ4v) is 5.09. The van der Waals surface area contributed by atoms with Crippen LogP contribution in [-0.2, 0) is 9.84 Å². The Morgan fingerprint density at radius 1 is 1.36 bits per heavy atom. The minimum atomic E-state index is -3.04. The molecule has 6 nitrogen and oxygen atoms in total. The molecule has 1 aliphatic carbocycles. The molecule has 0 aromatic carbocycles. The molecule has 7 heteroatoms. The second-order valence-corrected chi connectivity index (χ2v) is 8.77. The number of sulfone groups is 1. The van der Waals surface area contributed by atoms with Gasteiger partial charge in [-0.25, -0.2) is 18.2 Å². The van der Waals surface area contributed by atoms with E-state index in [4.69, 9.17) is 0 Å². The lowest BCUT2D eigenvalue weighted by atomic mass is 9.81. The highest BCUT2D eigenvalue weighted by atomic mass is 32.2. The molecule has 1 aromatic heterocycles. The molecule has 2 aliphatic rings. The molecule has 2 heterocycles. The quantitative estimate of drug-likeness (QED) is 0.891. The number of pyridine rings is 1. The van der Waals surface area contributed by atoms with E-state index < -0.39 is 21.4 Å². The Hall–Kier alpha value is -1.63. The van der Waals surface area contributed by atoms with Crippen LogP contribution < -0.4 is 10.6 Å². The minimum Gasteiger partial charge on any atom is -0.332 e. The molecule has 0 bridgehead atoms. The lowest BCUT2D eigenvalue weighted by molar-refractivity contribution is 0.242. The van der Waals surface area contributed by atoms with Crippen molar-refractivity contribution in [1.82, 2.24) is 10.3 Å². The van der Waals surface area contributed by atoms with Crippen LogP contribution in [0.25, 0.3) is 0 Å². The number of rotatable bonds is 3. The van der Waals surface area contributed by atoms with Gasteiger partial charge in [-0.1, -0.05) is 12.5 Å². The van der Waals surface area contributed by atoms with Gasteiger partial charge in [-0.05, 0) is 43.7 Å².